The minimum atomic E-state index is -0.197. The summed E-state index contributed by atoms with van der Waals surface area (Å²) in [5, 5.41) is 2.01. The van der Waals surface area contributed by atoms with E-state index in [9.17, 15) is 4.39 Å². The summed E-state index contributed by atoms with van der Waals surface area (Å²) in [6.45, 7) is 10.3. The molecule has 0 aliphatic carbocycles. The first kappa shape index (κ1) is 22.1. The second-order valence-electron chi connectivity index (χ2n) is 7.56. The summed E-state index contributed by atoms with van der Waals surface area (Å²) in [5.41, 5.74) is 7.13. The Hall–Kier alpha value is -2.58. The number of rotatable bonds is 8. The van der Waals surface area contributed by atoms with Crippen molar-refractivity contribution in [1.82, 2.24) is 4.57 Å². The van der Waals surface area contributed by atoms with E-state index in [1.54, 1.807) is 12.2 Å². The predicted octanol–water partition coefficient (Wildman–Crippen LogP) is 8.46. The Kier molecular flexibility index (Phi) is 7.33. The molecule has 1 aromatic heterocycles. The molecule has 3 rings (SSSR count). The second kappa shape index (κ2) is 9.95. The smallest absolute Gasteiger partial charge is 0.0972 e. The molecule has 0 amide bonds. The Bertz CT molecular complexity index is 1100. The number of hydrogen-bond acceptors (Lipinski definition) is 0. The van der Waals surface area contributed by atoms with Gasteiger partial charge in [-0.1, -0.05) is 68.8 Å². The van der Waals surface area contributed by atoms with Crippen LogP contribution in [0.15, 0.2) is 78.7 Å². The molecule has 3 aromatic rings. The zero-order valence-electron chi connectivity index (χ0n) is 18.0. The molecular formula is C27H29ClFN. The first-order valence-corrected chi connectivity index (χ1v) is 10.9. The lowest BCUT2D eigenvalue weighted by molar-refractivity contribution is 0.636. The van der Waals surface area contributed by atoms with E-state index in [2.05, 4.69) is 55.3 Å². The summed E-state index contributed by atoms with van der Waals surface area (Å²) in [7, 11) is 0. The fourth-order valence-electron chi connectivity index (χ4n) is 4.13. The summed E-state index contributed by atoms with van der Waals surface area (Å²) in [6.07, 6.45) is 8.22. The third-order valence-corrected chi connectivity index (χ3v) is 5.61. The van der Waals surface area contributed by atoms with Gasteiger partial charge in [-0.25, -0.2) is 4.39 Å². The number of halogens is 2. The second-order valence-corrected chi connectivity index (χ2v) is 8.00. The predicted molar refractivity (Wildman–Crippen MR) is 129 cm³/mol. The van der Waals surface area contributed by atoms with Crippen molar-refractivity contribution in [2.24, 2.45) is 0 Å². The molecule has 0 aliphatic rings. The third-order valence-electron chi connectivity index (χ3n) is 5.36. The topological polar surface area (TPSA) is 4.93 Å². The molecule has 0 unspecified atom stereocenters. The van der Waals surface area contributed by atoms with Crippen molar-refractivity contribution in [2.75, 3.05) is 0 Å². The van der Waals surface area contributed by atoms with Crippen molar-refractivity contribution in [3.8, 4) is 11.1 Å². The lowest BCUT2D eigenvalue weighted by Gasteiger charge is -2.13. The van der Waals surface area contributed by atoms with Crippen molar-refractivity contribution in [2.45, 2.75) is 46.6 Å². The van der Waals surface area contributed by atoms with E-state index in [1.807, 2.05) is 18.2 Å². The average molecular weight is 422 g/mol. The molecule has 0 spiro atoms. The van der Waals surface area contributed by atoms with Crippen molar-refractivity contribution < 1.29 is 4.39 Å². The minimum Gasteiger partial charge on any atom is -0.340 e. The van der Waals surface area contributed by atoms with Crippen LogP contribution in [0.1, 0.15) is 38.4 Å². The molecule has 0 fully saturated rings. The molecule has 0 radical (unpaired) electrons. The Morgan fingerprint density at radius 2 is 1.80 bits per heavy atom. The van der Waals surface area contributed by atoms with Crippen molar-refractivity contribution in [1.29, 1.82) is 0 Å². The Balaban J connectivity index is 2.19. The summed E-state index contributed by atoms with van der Waals surface area (Å²) < 4.78 is 16.0. The number of nitrogens with zero attached hydrogens (tertiary/aromatic N) is 1. The third kappa shape index (κ3) is 4.76. The van der Waals surface area contributed by atoms with Crippen LogP contribution in [0.3, 0.4) is 0 Å². The van der Waals surface area contributed by atoms with Crippen molar-refractivity contribution >= 4 is 22.5 Å². The number of benzene rings is 2. The molecule has 30 heavy (non-hydrogen) atoms. The van der Waals surface area contributed by atoms with Gasteiger partial charge in [-0.2, -0.15) is 0 Å². The molecule has 2 aromatic carbocycles. The van der Waals surface area contributed by atoms with Gasteiger partial charge in [0.05, 0.1) is 5.83 Å². The van der Waals surface area contributed by atoms with E-state index in [0.717, 1.165) is 35.4 Å². The highest BCUT2D eigenvalue weighted by Gasteiger charge is 2.17. The maximum Gasteiger partial charge on any atom is 0.0972 e. The van der Waals surface area contributed by atoms with Gasteiger partial charge < -0.3 is 4.57 Å². The summed E-state index contributed by atoms with van der Waals surface area (Å²) in [6, 6.07) is 14.6. The summed E-state index contributed by atoms with van der Waals surface area (Å²) >= 11 is 6.06. The lowest BCUT2D eigenvalue weighted by Crippen LogP contribution is -2.06. The largest absolute Gasteiger partial charge is 0.340 e. The zero-order chi connectivity index (χ0) is 21.7. The minimum absolute atomic E-state index is 0.197. The van der Waals surface area contributed by atoms with Gasteiger partial charge in [-0.05, 0) is 72.4 Å². The van der Waals surface area contributed by atoms with E-state index in [4.69, 9.17) is 11.6 Å². The number of hydrogen-bond donors (Lipinski definition) is 0. The van der Waals surface area contributed by atoms with Crippen LogP contribution in [0.25, 0.3) is 22.0 Å². The quantitative estimate of drug-likeness (QED) is 0.321. The van der Waals surface area contributed by atoms with E-state index in [0.29, 0.717) is 6.54 Å². The average Bonchev–Trinajstić information content (AvgIpc) is 3.00. The molecule has 0 atom stereocenters. The van der Waals surface area contributed by atoms with Gasteiger partial charge in [0.15, 0.2) is 0 Å². The van der Waals surface area contributed by atoms with E-state index >= 15 is 0 Å². The van der Waals surface area contributed by atoms with E-state index < -0.39 is 0 Å². The maximum absolute atomic E-state index is 13.6. The molecule has 156 valence electrons. The number of aromatic nitrogens is 1. The first-order valence-electron chi connectivity index (χ1n) is 10.5. The molecule has 0 aliphatic heterocycles. The molecule has 0 N–H and O–H groups in total. The number of fused-ring (bicyclic) bond motifs is 1. The van der Waals surface area contributed by atoms with Gasteiger partial charge in [0, 0.05) is 28.2 Å². The van der Waals surface area contributed by atoms with Crippen molar-refractivity contribution in [3.63, 3.8) is 0 Å². The monoisotopic (exact) mass is 421 g/mol. The van der Waals surface area contributed by atoms with E-state index in [1.165, 1.54) is 34.6 Å². The highest BCUT2D eigenvalue weighted by Crippen LogP contribution is 2.33. The molecule has 1 nitrogen and oxygen atoms in total. The fourth-order valence-corrected chi connectivity index (χ4v) is 4.26. The Morgan fingerprint density at radius 1 is 1.10 bits per heavy atom. The molecule has 0 bridgehead atoms. The lowest BCUT2D eigenvalue weighted by atomic mass is 10.0. The van der Waals surface area contributed by atoms with Crippen molar-refractivity contribution in [3.05, 3.63) is 95.0 Å². The van der Waals surface area contributed by atoms with Gasteiger partial charge in [-0.15, -0.1) is 0 Å². The van der Waals surface area contributed by atoms with Crippen LogP contribution in [0, 0.1) is 0 Å². The van der Waals surface area contributed by atoms with Gasteiger partial charge in [0.25, 0.3) is 0 Å². The highest BCUT2D eigenvalue weighted by atomic mass is 35.5. The number of allylic oxidation sites excluding steroid dienone is 5. The molecule has 1 heterocycles. The highest BCUT2D eigenvalue weighted by molar-refractivity contribution is 6.30. The van der Waals surface area contributed by atoms with E-state index in [-0.39, 0.29) is 5.83 Å². The molecule has 3 heteroatoms. The number of aryl methyl sites for hydroxylation is 1. The van der Waals surface area contributed by atoms with Crippen LogP contribution in [0.2, 0.25) is 5.02 Å². The standard InChI is InChI=1S/C27H29ClFN/c1-5-8-20(16-19(4)29)18-30-26(9-6-2)24(7-3)25-17-22(12-15-27(25)30)21-10-13-23(28)14-11-21/h5,8,10-17H,1,6-7,9,18H2,2-4H3/b19-16+,20-8+. The van der Waals surface area contributed by atoms with Crippen LogP contribution >= 0.6 is 11.6 Å². The van der Waals surface area contributed by atoms with Crippen LogP contribution in [-0.2, 0) is 19.4 Å². The maximum atomic E-state index is 13.6. The van der Waals surface area contributed by atoms with Crippen LogP contribution in [0.5, 0.6) is 0 Å². The molecule has 0 saturated heterocycles. The summed E-state index contributed by atoms with van der Waals surface area (Å²) in [5.74, 6) is -0.197. The molecular weight excluding hydrogens is 393 g/mol. The van der Waals surface area contributed by atoms with Gasteiger partial charge in [-0.3, -0.25) is 0 Å². The van der Waals surface area contributed by atoms with Gasteiger partial charge in [0.2, 0.25) is 0 Å². The van der Waals surface area contributed by atoms with Gasteiger partial charge >= 0.3 is 0 Å². The zero-order valence-corrected chi connectivity index (χ0v) is 18.8. The van der Waals surface area contributed by atoms with Crippen LogP contribution < -0.4 is 0 Å². The Morgan fingerprint density at radius 3 is 2.40 bits per heavy atom. The Labute approximate surface area is 184 Å². The van der Waals surface area contributed by atoms with Crippen LogP contribution in [0.4, 0.5) is 4.39 Å². The summed E-state index contributed by atoms with van der Waals surface area (Å²) in [4.78, 5) is 0. The normalized spacial score (nSPS) is 12.6. The molecule has 0 saturated carbocycles. The van der Waals surface area contributed by atoms with Crippen LogP contribution in [-0.4, -0.2) is 4.57 Å². The fraction of sp³-hybridized carbons (Fsp3) is 0.259. The SMILES string of the molecule is C=C/C=C(\C=C(/C)F)Cn1c(CCC)c(CC)c2cc(-c3ccc(Cl)cc3)ccc21. The first-order chi connectivity index (χ1) is 14.5. The van der Waals surface area contributed by atoms with Gasteiger partial charge in [0.1, 0.15) is 0 Å².